The minimum absolute atomic E-state index is 0.164. The maximum atomic E-state index is 12.1. The number of hydrogen-bond donors (Lipinski definition) is 1. The summed E-state index contributed by atoms with van der Waals surface area (Å²) in [5.41, 5.74) is 0.817. The Kier molecular flexibility index (Phi) is 2.21. The first-order valence-corrected chi connectivity index (χ1v) is 5.67. The Bertz CT molecular complexity index is 641. The molecule has 1 aliphatic rings. The Labute approximate surface area is 97.9 Å². The number of H-pyrrole nitrogens is 1. The molecule has 2 heterocycles. The maximum Gasteiger partial charge on any atom is 0.259 e. The third-order valence-corrected chi connectivity index (χ3v) is 3.16. The molecular weight excluding hydrogens is 216 g/mol. The first-order valence-electron chi connectivity index (χ1n) is 5.67. The number of benzene rings is 1. The molecule has 0 spiro atoms. The highest BCUT2D eigenvalue weighted by Crippen LogP contribution is 2.12. The van der Waals surface area contributed by atoms with Crippen LogP contribution in [0.15, 0.2) is 35.3 Å². The van der Waals surface area contributed by atoms with Gasteiger partial charge in [-0.15, -0.1) is 0 Å². The van der Waals surface area contributed by atoms with E-state index in [-0.39, 0.29) is 16.9 Å². The number of nitrogens with zero attached hydrogens (tertiary/aromatic N) is 1. The summed E-state index contributed by atoms with van der Waals surface area (Å²) in [5, 5.41) is 0.568. The lowest BCUT2D eigenvalue weighted by Gasteiger charge is -2.30. The summed E-state index contributed by atoms with van der Waals surface area (Å²) in [7, 11) is 0. The van der Waals surface area contributed by atoms with Crippen LogP contribution in [0.25, 0.3) is 10.9 Å². The van der Waals surface area contributed by atoms with E-state index >= 15 is 0 Å². The average molecular weight is 228 g/mol. The number of rotatable bonds is 1. The van der Waals surface area contributed by atoms with Gasteiger partial charge in [-0.2, -0.15) is 0 Å². The Morgan fingerprint density at radius 2 is 2.00 bits per heavy atom. The fourth-order valence-electron chi connectivity index (χ4n) is 2.02. The Balaban J connectivity index is 2.14. The van der Waals surface area contributed by atoms with Gasteiger partial charge in [-0.05, 0) is 18.6 Å². The number of nitrogens with one attached hydrogen (secondary N) is 1. The first-order chi connectivity index (χ1) is 8.27. The third kappa shape index (κ3) is 1.53. The van der Waals surface area contributed by atoms with Crippen molar-refractivity contribution in [3.63, 3.8) is 0 Å². The molecular formula is C13H12N2O2. The van der Waals surface area contributed by atoms with Crippen LogP contribution in [0.4, 0.5) is 0 Å². The monoisotopic (exact) mass is 228 g/mol. The number of aromatic amines is 1. The molecule has 1 aromatic heterocycles. The number of para-hydroxylation sites is 1. The zero-order chi connectivity index (χ0) is 11.8. The van der Waals surface area contributed by atoms with Crippen LogP contribution in [0.5, 0.6) is 0 Å². The molecule has 0 radical (unpaired) electrons. The van der Waals surface area contributed by atoms with Crippen molar-refractivity contribution in [1.82, 2.24) is 9.88 Å². The summed E-state index contributed by atoms with van der Waals surface area (Å²) in [5.74, 6) is -0.164. The second-order valence-corrected chi connectivity index (χ2v) is 4.22. The van der Waals surface area contributed by atoms with E-state index in [1.54, 1.807) is 17.0 Å². The predicted molar refractivity (Wildman–Crippen MR) is 65.1 cm³/mol. The van der Waals surface area contributed by atoms with Crippen LogP contribution in [0, 0.1) is 0 Å². The van der Waals surface area contributed by atoms with Crippen molar-refractivity contribution in [1.29, 1.82) is 0 Å². The van der Waals surface area contributed by atoms with Gasteiger partial charge in [0.05, 0.1) is 0 Å². The quantitative estimate of drug-likeness (QED) is 0.801. The van der Waals surface area contributed by atoms with Crippen molar-refractivity contribution in [3.05, 3.63) is 46.2 Å². The van der Waals surface area contributed by atoms with Crippen LogP contribution in [0.1, 0.15) is 16.8 Å². The largest absolute Gasteiger partial charge is 0.360 e. The molecule has 0 unspecified atom stereocenters. The lowest BCUT2D eigenvalue weighted by molar-refractivity contribution is 0.0650. The number of carbonyl (C=O) groups excluding carboxylic acids is 1. The van der Waals surface area contributed by atoms with Crippen LogP contribution in [0.2, 0.25) is 0 Å². The molecule has 1 aromatic carbocycles. The van der Waals surface area contributed by atoms with E-state index in [1.165, 1.54) is 6.20 Å². The molecule has 0 bridgehead atoms. The number of aromatic nitrogens is 1. The van der Waals surface area contributed by atoms with Gasteiger partial charge in [0.1, 0.15) is 5.56 Å². The fourth-order valence-corrected chi connectivity index (χ4v) is 2.02. The molecule has 17 heavy (non-hydrogen) atoms. The van der Waals surface area contributed by atoms with Gasteiger partial charge in [0.15, 0.2) is 0 Å². The molecule has 1 saturated heterocycles. The molecule has 0 aliphatic carbocycles. The number of pyridine rings is 1. The molecule has 4 heteroatoms. The van der Waals surface area contributed by atoms with Gasteiger partial charge in [0, 0.05) is 30.2 Å². The van der Waals surface area contributed by atoms with Crippen molar-refractivity contribution in [2.75, 3.05) is 13.1 Å². The van der Waals surface area contributed by atoms with Crippen molar-refractivity contribution in [2.24, 2.45) is 0 Å². The van der Waals surface area contributed by atoms with Gasteiger partial charge in [0.25, 0.3) is 5.91 Å². The normalized spacial score (nSPS) is 14.7. The molecule has 4 nitrogen and oxygen atoms in total. The highest BCUT2D eigenvalue weighted by molar-refractivity contribution is 5.97. The highest BCUT2D eigenvalue weighted by atomic mass is 16.2. The molecule has 86 valence electrons. The summed E-state index contributed by atoms with van der Waals surface area (Å²) in [6, 6.07) is 7.22. The first kappa shape index (κ1) is 10.1. The van der Waals surface area contributed by atoms with Gasteiger partial charge >= 0.3 is 0 Å². The molecule has 3 rings (SSSR count). The van der Waals surface area contributed by atoms with Crippen molar-refractivity contribution in [3.8, 4) is 0 Å². The topological polar surface area (TPSA) is 53.2 Å². The Morgan fingerprint density at radius 3 is 2.71 bits per heavy atom. The smallest absolute Gasteiger partial charge is 0.259 e. The lowest BCUT2D eigenvalue weighted by atomic mass is 10.1. The summed E-state index contributed by atoms with van der Waals surface area (Å²) in [6.07, 6.45) is 2.54. The van der Waals surface area contributed by atoms with Crippen LogP contribution >= 0.6 is 0 Å². The van der Waals surface area contributed by atoms with Gasteiger partial charge in [-0.1, -0.05) is 12.1 Å². The van der Waals surface area contributed by atoms with Gasteiger partial charge in [-0.3, -0.25) is 9.59 Å². The summed E-state index contributed by atoms with van der Waals surface area (Å²) < 4.78 is 0. The van der Waals surface area contributed by atoms with Crippen molar-refractivity contribution < 1.29 is 4.79 Å². The molecule has 1 amide bonds. The summed E-state index contributed by atoms with van der Waals surface area (Å²) in [4.78, 5) is 28.8. The average Bonchev–Trinajstić information content (AvgIpc) is 2.27. The third-order valence-electron chi connectivity index (χ3n) is 3.16. The SMILES string of the molecule is O=C(c1c[nH]c2ccccc2c1=O)N1CCC1. The van der Waals surface area contributed by atoms with E-state index in [4.69, 9.17) is 0 Å². The minimum Gasteiger partial charge on any atom is -0.360 e. The number of amides is 1. The minimum atomic E-state index is -0.184. The van der Waals surface area contributed by atoms with E-state index in [0.717, 1.165) is 25.0 Å². The summed E-state index contributed by atoms with van der Waals surface area (Å²) >= 11 is 0. The molecule has 1 N–H and O–H groups in total. The molecule has 2 aromatic rings. The van der Waals surface area contributed by atoms with Gasteiger partial charge in [-0.25, -0.2) is 0 Å². The van der Waals surface area contributed by atoms with E-state index in [0.29, 0.717) is 5.39 Å². The second kappa shape index (κ2) is 3.73. The lowest BCUT2D eigenvalue weighted by Crippen LogP contribution is -2.43. The standard InChI is InChI=1S/C13H12N2O2/c16-12-9-4-1-2-5-11(9)14-8-10(12)13(17)15-6-3-7-15/h1-2,4-5,8H,3,6-7H2,(H,14,16). The number of hydrogen-bond acceptors (Lipinski definition) is 2. The van der Waals surface area contributed by atoms with Gasteiger partial charge < -0.3 is 9.88 Å². The van der Waals surface area contributed by atoms with Crippen molar-refractivity contribution in [2.45, 2.75) is 6.42 Å². The van der Waals surface area contributed by atoms with E-state index in [1.807, 2.05) is 12.1 Å². The second-order valence-electron chi connectivity index (χ2n) is 4.22. The highest BCUT2D eigenvalue weighted by Gasteiger charge is 2.24. The number of likely N-dealkylation sites (tertiary alicyclic amines) is 1. The maximum absolute atomic E-state index is 12.1. The molecule has 1 aliphatic heterocycles. The molecule has 0 atom stereocenters. The van der Waals surface area contributed by atoms with Gasteiger partial charge in [0.2, 0.25) is 5.43 Å². The number of fused-ring (bicyclic) bond motifs is 1. The summed E-state index contributed by atoms with van der Waals surface area (Å²) in [6.45, 7) is 1.51. The molecule has 0 saturated carbocycles. The van der Waals surface area contributed by atoms with E-state index < -0.39 is 0 Å². The molecule has 1 fully saturated rings. The van der Waals surface area contributed by atoms with Crippen LogP contribution < -0.4 is 5.43 Å². The predicted octanol–water partition coefficient (Wildman–Crippen LogP) is 1.37. The number of carbonyl (C=O) groups is 1. The van der Waals surface area contributed by atoms with Crippen LogP contribution in [-0.4, -0.2) is 28.9 Å². The van der Waals surface area contributed by atoms with Crippen LogP contribution in [-0.2, 0) is 0 Å². The van der Waals surface area contributed by atoms with E-state index in [9.17, 15) is 9.59 Å². The Morgan fingerprint density at radius 1 is 1.24 bits per heavy atom. The Hall–Kier alpha value is -2.10. The van der Waals surface area contributed by atoms with Crippen molar-refractivity contribution >= 4 is 16.8 Å². The zero-order valence-corrected chi connectivity index (χ0v) is 9.27. The van der Waals surface area contributed by atoms with Crippen LogP contribution in [0.3, 0.4) is 0 Å². The zero-order valence-electron chi connectivity index (χ0n) is 9.27. The van der Waals surface area contributed by atoms with E-state index in [2.05, 4.69) is 4.98 Å². The fraction of sp³-hybridized carbons (Fsp3) is 0.231.